The van der Waals surface area contributed by atoms with Gasteiger partial charge in [-0.3, -0.25) is 4.99 Å². The molecule has 0 saturated heterocycles. The van der Waals surface area contributed by atoms with Crippen molar-refractivity contribution in [2.45, 2.75) is 12.6 Å². The Balaban J connectivity index is 0.00000338. The number of para-hydroxylation sites is 1. The van der Waals surface area contributed by atoms with E-state index in [2.05, 4.69) is 57.6 Å². The summed E-state index contributed by atoms with van der Waals surface area (Å²) >= 11 is 0. The summed E-state index contributed by atoms with van der Waals surface area (Å²) in [5, 5.41) is 6.76. The molecule has 0 bridgehead atoms. The predicted molar refractivity (Wildman–Crippen MR) is 119 cm³/mol. The normalized spacial score (nSPS) is 12.4. The van der Waals surface area contributed by atoms with Crippen LogP contribution in [0.1, 0.15) is 11.6 Å². The van der Waals surface area contributed by atoms with Crippen LogP contribution in [0.15, 0.2) is 53.8 Å². The minimum Gasteiger partial charge on any atom is -0.496 e. The molecule has 2 rings (SSSR count). The largest absolute Gasteiger partial charge is 0.496 e. The number of aliphatic imine (C=N–C) groups is 1. The molecule has 0 fully saturated rings. The van der Waals surface area contributed by atoms with E-state index in [1.54, 1.807) is 14.2 Å². The van der Waals surface area contributed by atoms with Crippen molar-refractivity contribution in [3.05, 3.63) is 54.4 Å². The molecule has 1 unspecified atom stereocenters. The van der Waals surface area contributed by atoms with E-state index in [1.807, 2.05) is 30.3 Å². The van der Waals surface area contributed by atoms with E-state index in [-0.39, 0.29) is 30.0 Å². The minimum absolute atomic E-state index is 0. The standard InChI is InChI=1S/C19H29N5O.HI/c1-20-19(21-11-14-24-12-7-8-13-24)22-15-17(23(2)3)16-9-5-6-10-18(16)25-4;/h5-10,12-13,17H,11,14-15H2,1-4H3,(H2,20,21,22);1H. The SMILES string of the molecule is CN=C(NCCn1cccc1)NCC(c1ccccc1OC)N(C)C.I. The number of ether oxygens (including phenoxy) is 1. The summed E-state index contributed by atoms with van der Waals surface area (Å²) in [6, 6.07) is 12.4. The Bertz CT molecular complexity index is 658. The average Bonchev–Trinajstić information content (AvgIpc) is 3.14. The lowest BCUT2D eigenvalue weighted by Gasteiger charge is -2.27. The number of rotatable bonds is 8. The molecule has 6 nitrogen and oxygen atoms in total. The zero-order chi connectivity index (χ0) is 18.1. The molecule has 1 aromatic carbocycles. The molecule has 26 heavy (non-hydrogen) atoms. The van der Waals surface area contributed by atoms with Gasteiger partial charge in [-0.15, -0.1) is 24.0 Å². The fraction of sp³-hybridized carbons (Fsp3) is 0.421. The molecule has 7 heteroatoms. The summed E-state index contributed by atoms with van der Waals surface area (Å²) in [6.07, 6.45) is 4.11. The number of guanidine groups is 1. The van der Waals surface area contributed by atoms with Gasteiger partial charge in [0.05, 0.1) is 13.2 Å². The van der Waals surface area contributed by atoms with Crippen molar-refractivity contribution in [1.29, 1.82) is 0 Å². The summed E-state index contributed by atoms with van der Waals surface area (Å²) in [7, 11) is 7.64. The van der Waals surface area contributed by atoms with Gasteiger partial charge in [0.25, 0.3) is 0 Å². The van der Waals surface area contributed by atoms with Gasteiger partial charge < -0.3 is 24.8 Å². The number of hydrogen-bond donors (Lipinski definition) is 2. The molecule has 1 atom stereocenters. The summed E-state index contributed by atoms with van der Waals surface area (Å²) < 4.78 is 7.65. The molecule has 1 heterocycles. The van der Waals surface area contributed by atoms with Gasteiger partial charge in [-0.2, -0.15) is 0 Å². The first-order chi connectivity index (χ1) is 12.2. The van der Waals surface area contributed by atoms with Gasteiger partial charge in [0.1, 0.15) is 5.75 Å². The molecule has 2 aromatic rings. The molecule has 0 aliphatic heterocycles. The highest BCUT2D eigenvalue weighted by Crippen LogP contribution is 2.27. The van der Waals surface area contributed by atoms with E-state index < -0.39 is 0 Å². The monoisotopic (exact) mass is 471 g/mol. The van der Waals surface area contributed by atoms with Crippen molar-refractivity contribution in [3.8, 4) is 5.75 Å². The lowest BCUT2D eigenvalue weighted by molar-refractivity contribution is 0.287. The van der Waals surface area contributed by atoms with Crippen LogP contribution < -0.4 is 15.4 Å². The molecule has 0 aliphatic carbocycles. The molecule has 0 spiro atoms. The second-order valence-corrected chi connectivity index (χ2v) is 6.02. The molecule has 0 amide bonds. The van der Waals surface area contributed by atoms with Crippen LogP contribution in [-0.2, 0) is 6.54 Å². The Kier molecular flexibility index (Phi) is 10.1. The smallest absolute Gasteiger partial charge is 0.191 e. The average molecular weight is 471 g/mol. The van der Waals surface area contributed by atoms with Crippen LogP contribution >= 0.6 is 24.0 Å². The van der Waals surface area contributed by atoms with E-state index in [0.29, 0.717) is 0 Å². The first-order valence-corrected chi connectivity index (χ1v) is 8.50. The zero-order valence-electron chi connectivity index (χ0n) is 16.0. The summed E-state index contributed by atoms with van der Waals surface area (Å²) in [4.78, 5) is 6.49. The maximum Gasteiger partial charge on any atom is 0.191 e. The molecule has 0 saturated carbocycles. The van der Waals surface area contributed by atoms with E-state index >= 15 is 0 Å². The first-order valence-electron chi connectivity index (χ1n) is 8.50. The zero-order valence-corrected chi connectivity index (χ0v) is 18.3. The van der Waals surface area contributed by atoms with Crippen LogP contribution in [0.2, 0.25) is 0 Å². The third-order valence-electron chi connectivity index (χ3n) is 4.14. The van der Waals surface area contributed by atoms with E-state index in [9.17, 15) is 0 Å². The number of hydrogen-bond acceptors (Lipinski definition) is 3. The number of halogens is 1. The topological polar surface area (TPSA) is 53.8 Å². The minimum atomic E-state index is 0. The maximum absolute atomic E-state index is 5.51. The van der Waals surface area contributed by atoms with Crippen LogP contribution in [0.4, 0.5) is 0 Å². The van der Waals surface area contributed by atoms with Gasteiger partial charge in [-0.05, 0) is 32.3 Å². The second kappa shape index (κ2) is 11.8. The van der Waals surface area contributed by atoms with Crippen molar-refractivity contribution >= 4 is 29.9 Å². The van der Waals surface area contributed by atoms with Crippen molar-refractivity contribution in [2.75, 3.05) is 41.3 Å². The third kappa shape index (κ3) is 6.53. The van der Waals surface area contributed by atoms with E-state index in [4.69, 9.17) is 4.74 Å². The van der Waals surface area contributed by atoms with Crippen LogP contribution in [0.25, 0.3) is 0 Å². The number of nitrogens with one attached hydrogen (secondary N) is 2. The van der Waals surface area contributed by atoms with Gasteiger partial charge in [0.15, 0.2) is 5.96 Å². The van der Waals surface area contributed by atoms with Crippen LogP contribution in [0.3, 0.4) is 0 Å². The maximum atomic E-state index is 5.51. The van der Waals surface area contributed by atoms with Gasteiger partial charge in [-0.1, -0.05) is 18.2 Å². The number of aromatic nitrogens is 1. The molecule has 144 valence electrons. The molecule has 0 aliphatic rings. The Morgan fingerprint density at radius 1 is 1.15 bits per heavy atom. The highest BCUT2D eigenvalue weighted by atomic mass is 127. The van der Waals surface area contributed by atoms with Gasteiger partial charge in [0, 0.05) is 44.6 Å². The van der Waals surface area contributed by atoms with Crippen molar-refractivity contribution in [3.63, 3.8) is 0 Å². The number of nitrogens with zero attached hydrogens (tertiary/aromatic N) is 3. The highest BCUT2D eigenvalue weighted by Gasteiger charge is 2.18. The number of methoxy groups -OCH3 is 1. The van der Waals surface area contributed by atoms with Crippen molar-refractivity contribution in [1.82, 2.24) is 20.1 Å². The summed E-state index contributed by atoms with van der Waals surface area (Å²) in [5.41, 5.74) is 1.16. The Morgan fingerprint density at radius 3 is 2.46 bits per heavy atom. The lowest BCUT2D eigenvalue weighted by Crippen LogP contribution is -2.42. The van der Waals surface area contributed by atoms with Gasteiger partial charge in [-0.25, -0.2) is 0 Å². The number of likely N-dealkylation sites (N-methyl/N-ethyl adjacent to an activating group) is 1. The molecular formula is C19H30IN5O. The van der Waals surface area contributed by atoms with Crippen molar-refractivity contribution in [2.24, 2.45) is 4.99 Å². The number of benzene rings is 1. The van der Waals surface area contributed by atoms with Crippen LogP contribution in [0.5, 0.6) is 5.75 Å². The molecular weight excluding hydrogens is 441 g/mol. The fourth-order valence-electron chi connectivity index (χ4n) is 2.75. The summed E-state index contributed by atoms with van der Waals surface area (Å²) in [6.45, 7) is 2.45. The molecule has 0 radical (unpaired) electrons. The van der Waals surface area contributed by atoms with Crippen LogP contribution in [-0.4, -0.2) is 56.8 Å². The second-order valence-electron chi connectivity index (χ2n) is 6.02. The fourth-order valence-corrected chi connectivity index (χ4v) is 2.75. The quantitative estimate of drug-likeness (QED) is 0.353. The van der Waals surface area contributed by atoms with Gasteiger partial charge in [0.2, 0.25) is 0 Å². The van der Waals surface area contributed by atoms with Gasteiger partial charge >= 0.3 is 0 Å². The van der Waals surface area contributed by atoms with Crippen LogP contribution in [0, 0.1) is 0 Å². The Hall–Kier alpha value is -1.74. The Labute approximate surface area is 173 Å². The predicted octanol–water partition coefficient (Wildman–Crippen LogP) is 2.58. The summed E-state index contributed by atoms with van der Waals surface area (Å²) in [5.74, 6) is 1.70. The van der Waals surface area contributed by atoms with E-state index in [1.165, 1.54) is 0 Å². The van der Waals surface area contributed by atoms with Crippen molar-refractivity contribution < 1.29 is 4.74 Å². The lowest BCUT2D eigenvalue weighted by atomic mass is 10.0. The molecule has 1 aromatic heterocycles. The Morgan fingerprint density at radius 2 is 1.85 bits per heavy atom. The third-order valence-corrected chi connectivity index (χ3v) is 4.14. The highest BCUT2D eigenvalue weighted by molar-refractivity contribution is 14.0. The van der Waals surface area contributed by atoms with E-state index in [0.717, 1.165) is 36.9 Å². The molecule has 2 N–H and O–H groups in total. The first kappa shape index (κ1) is 22.3.